The molecular formula is C20H22N2O8. The van der Waals surface area contributed by atoms with E-state index in [-0.39, 0.29) is 6.61 Å². The van der Waals surface area contributed by atoms with Crippen LogP contribution in [-0.2, 0) is 18.9 Å². The number of carbonyl (C=O) groups excluding carboxylic acids is 1. The van der Waals surface area contributed by atoms with E-state index in [1.165, 1.54) is 23.9 Å². The molecule has 2 aromatic rings. The van der Waals surface area contributed by atoms with Crippen molar-refractivity contribution < 1.29 is 28.5 Å². The van der Waals surface area contributed by atoms with Crippen LogP contribution < -0.4 is 16.0 Å². The highest BCUT2D eigenvalue weighted by Gasteiger charge is 2.56. The van der Waals surface area contributed by atoms with E-state index in [0.29, 0.717) is 11.3 Å². The summed E-state index contributed by atoms with van der Waals surface area (Å²) in [7, 11) is 1.54. The molecule has 2 aliphatic rings. The van der Waals surface area contributed by atoms with Crippen LogP contribution in [0.3, 0.4) is 0 Å². The Hall–Kier alpha value is -2.95. The maximum atomic E-state index is 12.4. The Kier molecular flexibility index (Phi) is 5.22. The molecule has 4 rings (SSSR count). The van der Waals surface area contributed by atoms with Crippen molar-refractivity contribution in [2.24, 2.45) is 0 Å². The van der Waals surface area contributed by atoms with Gasteiger partial charge in [-0.3, -0.25) is 14.3 Å². The molecule has 0 radical (unpaired) electrons. The van der Waals surface area contributed by atoms with Gasteiger partial charge in [-0.25, -0.2) is 9.59 Å². The molecule has 10 heteroatoms. The summed E-state index contributed by atoms with van der Waals surface area (Å²) in [5.74, 6) is -0.802. The Bertz CT molecular complexity index is 1040. The Morgan fingerprint density at radius 2 is 1.83 bits per heavy atom. The third-order valence-electron chi connectivity index (χ3n) is 4.96. The molecule has 1 N–H and O–H groups in total. The number of hydrogen-bond acceptors (Lipinski definition) is 8. The van der Waals surface area contributed by atoms with Crippen LogP contribution in [0.15, 0.2) is 46.1 Å². The molecule has 0 unspecified atom stereocenters. The molecule has 0 amide bonds. The van der Waals surface area contributed by atoms with Crippen molar-refractivity contribution >= 4 is 5.97 Å². The maximum absolute atomic E-state index is 12.4. The van der Waals surface area contributed by atoms with Crippen LogP contribution in [0.25, 0.3) is 0 Å². The van der Waals surface area contributed by atoms with E-state index < -0.39 is 47.5 Å². The first kappa shape index (κ1) is 20.3. The van der Waals surface area contributed by atoms with E-state index in [1.807, 2.05) is 0 Å². The number of aromatic amines is 1. The first-order valence-corrected chi connectivity index (χ1v) is 9.41. The fourth-order valence-electron chi connectivity index (χ4n) is 3.61. The molecule has 1 aromatic carbocycles. The SMILES string of the molecule is COc1ccc(C(=O)OC[C@H]2O[C@H](n3ccc(=O)[nH]c3=O)[C@@H]3OC(C)(C)O[C@H]32)cc1. The van der Waals surface area contributed by atoms with Crippen LogP contribution in [0.1, 0.15) is 30.4 Å². The van der Waals surface area contributed by atoms with Gasteiger partial charge in [0.25, 0.3) is 5.56 Å². The minimum Gasteiger partial charge on any atom is -0.497 e. The van der Waals surface area contributed by atoms with Gasteiger partial charge < -0.3 is 23.7 Å². The number of ether oxygens (including phenoxy) is 5. The van der Waals surface area contributed by atoms with Crippen LogP contribution in [0.4, 0.5) is 0 Å². The molecular weight excluding hydrogens is 396 g/mol. The number of methoxy groups -OCH3 is 1. The first-order chi connectivity index (χ1) is 14.3. The molecule has 10 nitrogen and oxygen atoms in total. The van der Waals surface area contributed by atoms with Crippen LogP contribution in [0.5, 0.6) is 5.75 Å². The van der Waals surface area contributed by atoms with Gasteiger partial charge >= 0.3 is 11.7 Å². The molecule has 0 saturated carbocycles. The van der Waals surface area contributed by atoms with E-state index in [2.05, 4.69) is 4.98 Å². The van der Waals surface area contributed by atoms with Crippen LogP contribution in [0, 0.1) is 0 Å². The number of esters is 1. The number of hydrogen-bond donors (Lipinski definition) is 1. The lowest BCUT2D eigenvalue weighted by atomic mass is 10.1. The van der Waals surface area contributed by atoms with Gasteiger partial charge in [0, 0.05) is 12.3 Å². The number of nitrogens with zero attached hydrogens (tertiary/aromatic N) is 1. The van der Waals surface area contributed by atoms with Gasteiger partial charge in [0.15, 0.2) is 12.0 Å². The zero-order valence-electron chi connectivity index (χ0n) is 16.7. The molecule has 2 aliphatic heterocycles. The minimum atomic E-state index is -0.901. The van der Waals surface area contributed by atoms with Crippen LogP contribution in [-0.4, -0.2) is 53.3 Å². The zero-order valence-corrected chi connectivity index (χ0v) is 16.7. The smallest absolute Gasteiger partial charge is 0.338 e. The summed E-state index contributed by atoms with van der Waals surface area (Å²) in [6, 6.07) is 7.74. The average molecular weight is 418 g/mol. The number of aromatic nitrogens is 2. The standard InChI is InChI=1S/C20H22N2O8/c1-20(2)29-15-13(10-27-18(24)11-4-6-12(26-3)7-5-11)28-17(16(15)30-20)22-9-8-14(23)21-19(22)25/h4-9,13,15-17H,10H2,1-3H3,(H,21,23,25)/t13-,15+,16-,17+/m1/s1. The predicted octanol–water partition coefficient (Wildman–Crippen LogP) is 0.820. The number of carbonyl (C=O) groups is 1. The molecule has 3 heterocycles. The molecule has 0 aliphatic carbocycles. The molecule has 2 saturated heterocycles. The number of nitrogens with one attached hydrogen (secondary N) is 1. The molecule has 30 heavy (non-hydrogen) atoms. The van der Waals surface area contributed by atoms with Gasteiger partial charge in [-0.05, 0) is 38.1 Å². The van der Waals surface area contributed by atoms with E-state index in [4.69, 9.17) is 23.7 Å². The monoisotopic (exact) mass is 418 g/mol. The Balaban J connectivity index is 1.51. The molecule has 0 spiro atoms. The topological polar surface area (TPSA) is 118 Å². The molecule has 2 fully saturated rings. The summed E-state index contributed by atoms with van der Waals surface area (Å²) in [5, 5.41) is 0. The lowest BCUT2D eigenvalue weighted by Crippen LogP contribution is -2.37. The van der Waals surface area contributed by atoms with Crippen molar-refractivity contribution in [1.82, 2.24) is 9.55 Å². The molecule has 1 aromatic heterocycles. The first-order valence-electron chi connectivity index (χ1n) is 9.41. The normalized spacial score (nSPS) is 26.9. The van der Waals surface area contributed by atoms with Gasteiger partial charge in [0.05, 0.1) is 12.7 Å². The number of benzene rings is 1. The summed E-state index contributed by atoms with van der Waals surface area (Å²) in [6.45, 7) is 3.40. The fourth-order valence-corrected chi connectivity index (χ4v) is 3.61. The fraction of sp³-hybridized carbons (Fsp3) is 0.450. The minimum absolute atomic E-state index is 0.0971. The van der Waals surface area contributed by atoms with E-state index in [1.54, 1.807) is 38.1 Å². The van der Waals surface area contributed by atoms with Crippen molar-refractivity contribution in [3.8, 4) is 5.75 Å². The number of H-pyrrole nitrogens is 1. The lowest BCUT2D eigenvalue weighted by molar-refractivity contribution is -0.200. The maximum Gasteiger partial charge on any atom is 0.338 e. The second-order valence-corrected chi connectivity index (χ2v) is 7.47. The Morgan fingerprint density at radius 3 is 2.50 bits per heavy atom. The van der Waals surface area contributed by atoms with Gasteiger partial charge in [-0.1, -0.05) is 0 Å². The largest absolute Gasteiger partial charge is 0.497 e. The van der Waals surface area contributed by atoms with Crippen molar-refractivity contribution in [3.63, 3.8) is 0 Å². The van der Waals surface area contributed by atoms with Crippen molar-refractivity contribution in [3.05, 3.63) is 62.9 Å². The predicted molar refractivity (Wildman–Crippen MR) is 102 cm³/mol. The highest BCUT2D eigenvalue weighted by molar-refractivity contribution is 5.89. The van der Waals surface area contributed by atoms with Gasteiger partial charge in [0.2, 0.25) is 0 Å². The summed E-state index contributed by atoms with van der Waals surface area (Å²) < 4.78 is 29.5. The molecule has 160 valence electrons. The molecule has 4 atom stereocenters. The summed E-state index contributed by atoms with van der Waals surface area (Å²) in [5.41, 5.74) is -0.780. The third kappa shape index (κ3) is 3.89. The second-order valence-electron chi connectivity index (χ2n) is 7.47. The molecule has 0 bridgehead atoms. The highest BCUT2D eigenvalue weighted by atomic mass is 16.8. The van der Waals surface area contributed by atoms with Crippen molar-refractivity contribution in [2.45, 2.75) is 44.2 Å². The third-order valence-corrected chi connectivity index (χ3v) is 4.96. The summed E-state index contributed by atoms with van der Waals surface area (Å²) >= 11 is 0. The van der Waals surface area contributed by atoms with E-state index >= 15 is 0 Å². The van der Waals surface area contributed by atoms with E-state index in [0.717, 1.165) is 0 Å². The average Bonchev–Trinajstić information content (AvgIpc) is 3.19. The summed E-state index contributed by atoms with van der Waals surface area (Å²) in [6.07, 6.45) is -1.35. The van der Waals surface area contributed by atoms with Gasteiger partial charge in [0.1, 0.15) is 30.7 Å². The van der Waals surface area contributed by atoms with Gasteiger partial charge in [-0.2, -0.15) is 0 Å². The van der Waals surface area contributed by atoms with Crippen LogP contribution >= 0.6 is 0 Å². The highest BCUT2D eigenvalue weighted by Crippen LogP contribution is 2.42. The Labute approximate surface area is 171 Å². The van der Waals surface area contributed by atoms with Gasteiger partial charge in [-0.15, -0.1) is 0 Å². The van der Waals surface area contributed by atoms with Crippen molar-refractivity contribution in [2.75, 3.05) is 13.7 Å². The van der Waals surface area contributed by atoms with Crippen LogP contribution in [0.2, 0.25) is 0 Å². The number of fused-ring (bicyclic) bond motifs is 1. The quantitative estimate of drug-likeness (QED) is 0.709. The van der Waals surface area contributed by atoms with E-state index in [9.17, 15) is 14.4 Å². The summed E-state index contributed by atoms with van der Waals surface area (Å²) in [4.78, 5) is 38.2. The van der Waals surface area contributed by atoms with Crippen molar-refractivity contribution in [1.29, 1.82) is 0 Å². The Morgan fingerprint density at radius 1 is 1.13 bits per heavy atom. The lowest BCUT2D eigenvalue weighted by Gasteiger charge is -2.24. The zero-order chi connectivity index (χ0) is 21.5. The second kappa shape index (κ2) is 7.71. The number of rotatable bonds is 5.